The van der Waals surface area contributed by atoms with Crippen LogP contribution in [0.25, 0.3) is 6.08 Å². The van der Waals surface area contributed by atoms with Crippen LogP contribution >= 0.6 is 0 Å². The maximum Gasteiger partial charge on any atom is 0.270 e. The van der Waals surface area contributed by atoms with Crippen molar-refractivity contribution < 1.29 is 19.4 Å². The average molecular weight is 395 g/mol. The number of benzene rings is 2. The largest absolute Gasteiger partial charge is 0.334 e. The summed E-state index contributed by atoms with van der Waals surface area (Å²) in [6.45, 7) is 2.87. The smallest absolute Gasteiger partial charge is 0.270 e. The Morgan fingerprint density at radius 2 is 1.69 bits per heavy atom. The number of nitrogens with zero attached hydrogens (tertiary/aromatic N) is 2. The SMILES string of the molecule is C[NH+]1CCN(C(=O)/C(=C\c2ccc([N+](=O)[O-])cc2)NC(=O)c2ccccc2)CC1. The van der Waals surface area contributed by atoms with Crippen LogP contribution in [0.5, 0.6) is 0 Å². The summed E-state index contributed by atoms with van der Waals surface area (Å²) in [5.41, 5.74) is 1.14. The summed E-state index contributed by atoms with van der Waals surface area (Å²) in [7, 11) is 2.08. The van der Waals surface area contributed by atoms with Gasteiger partial charge in [-0.1, -0.05) is 18.2 Å². The highest BCUT2D eigenvalue weighted by molar-refractivity contribution is 6.05. The molecule has 8 heteroatoms. The predicted octanol–water partition coefficient (Wildman–Crippen LogP) is 0.723. The van der Waals surface area contributed by atoms with Gasteiger partial charge in [-0.15, -0.1) is 0 Å². The number of quaternary nitrogens is 1. The molecule has 1 heterocycles. The van der Waals surface area contributed by atoms with Crippen LogP contribution in [0.2, 0.25) is 0 Å². The first-order valence-corrected chi connectivity index (χ1v) is 9.37. The fourth-order valence-electron chi connectivity index (χ4n) is 3.06. The van der Waals surface area contributed by atoms with E-state index in [1.165, 1.54) is 17.0 Å². The molecule has 2 N–H and O–H groups in total. The Balaban J connectivity index is 1.86. The number of nitro groups is 1. The van der Waals surface area contributed by atoms with E-state index >= 15 is 0 Å². The van der Waals surface area contributed by atoms with E-state index in [1.54, 1.807) is 47.4 Å². The molecule has 29 heavy (non-hydrogen) atoms. The standard InChI is InChI=1S/C21H22N4O4/c1-23-11-13-24(14-12-23)21(27)19(22-20(26)17-5-3-2-4-6-17)15-16-7-9-18(10-8-16)25(28)29/h2-10,15H,11-14H2,1H3,(H,22,26)/p+1/b19-15+. The van der Waals surface area contributed by atoms with E-state index in [4.69, 9.17) is 0 Å². The Kier molecular flexibility index (Phi) is 6.36. The summed E-state index contributed by atoms with van der Waals surface area (Å²) in [4.78, 5) is 39.1. The normalized spacial score (nSPS) is 15.1. The van der Waals surface area contributed by atoms with Crippen molar-refractivity contribution in [1.82, 2.24) is 10.2 Å². The zero-order chi connectivity index (χ0) is 20.8. The number of hydrogen-bond donors (Lipinski definition) is 2. The quantitative estimate of drug-likeness (QED) is 0.443. The lowest BCUT2D eigenvalue weighted by Gasteiger charge is -2.30. The predicted molar refractivity (Wildman–Crippen MR) is 108 cm³/mol. The summed E-state index contributed by atoms with van der Waals surface area (Å²) in [6.07, 6.45) is 1.55. The van der Waals surface area contributed by atoms with Crippen molar-refractivity contribution in [3.05, 3.63) is 81.5 Å². The number of rotatable bonds is 5. The molecule has 2 aromatic rings. The molecule has 8 nitrogen and oxygen atoms in total. The molecular formula is C21H23N4O4+. The molecule has 0 atom stereocenters. The van der Waals surface area contributed by atoms with Crippen molar-refractivity contribution in [3.63, 3.8) is 0 Å². The molecule has 0 bridgehead atoms. The van der Waals surface area contributed by atoms with Crippen LogP contribution < -0.4 is 10.2 Å². The number of non-ortho nitro benzene ring substituents is 1. The first-order chi connectivity index (χ1) is 13.9. The van der Waals surface area contributed by atoms with Gasteiger partial charge in [0.2, 0.25) is 0 Å². The van der Waals surface area contributed by atoms with E-state index in [-0.39, 0.29) is 23.2 Å². The third-order valence-electron chi connectivity index (χ3n) is 4.83. The summed E-state index contributed by atoms with van der Waals surface area (Å²) < 4.78 is 0. The summed E-state index contributed by atoms with van der Waals surface area (Å²) >= 11 is 0. The third kappa shape index (κ3) is 5.26. The van der Waals surface area contributed by atoms with Gasteiger partial charge in [-0.3, -0.25) is 19.7 Å². The van der Waals surface area contributed by atoms with Crippen LogP contribution in [0, 0.1) is 10.1 Å². The Morgan fingerprint density at radius 1 is 1.07 bits per heavy atom. The minimum absolute atomic E-state index is 0.0367. The summed E-state index contributed by atoms with van der Waals surface area (Å²) in [6, 6.07) is 14.5. The average Bonchev–Trinajstić information content (AvgIpc) is 2.74. The zero-order valence-electron chi connectivity index (χ0n) is 16.1. The van der Waals surface area contributed by atoms with Gasteiger partial charge in [-0.05, 0) is 35.9 Å². The zero-order valence-corrected chi connectivity index (χ0v) is 16.1. The van der Waals surface area contributed by atoms with Gasteiger partial charge in [0.05, 0.1) is 38.2 Å². The molecule has 0 radical (unpaired) electrons. The molecule has 1 fully saturated rings. The number of nitro benzene ring substituents is 1. The molecule has 0 spiro atoms. The van der Waals surface area contributed by atoms with Crippen LogP contribution in [0.4, 0.5) is 5.69 Å². The Morgan fingerprint density at radius 3 is 2.28 bits per heavy atom. The van der Waals surface area contributed by atoms with Gasteiger partial charge in [-0.25, -0.2) is 0 Å². The molecule has 0 unspecified atom stereocenters. The van der Waals surface area contributed by atoms with Gasteiger partial charge < -0.3 is 15.1 Å². The molecule has 2 amide bonds. The number of hydrogen-bond acceptors (Lipinski definition) is 4. The van der Waals surface area contributed by atoms with Crippen molar-refractivity contribution in [2.75, 3.05) is 33.2 Å². The van der Waals surface area contributed by atoms with Gasteiger partial charge in [0.25, 0.3) is 17.5 Å². The van der Waals surface area contributed by atoms with E-state index in [0.717, 1.165) is 13.1 Å². The Hall–Kier alpha value is -3.52. The van der Waals surface area contributed by atoms with Gasteiger partial charge >= 0.3 is 0 Å². The highest BCUT2D eigenvalue weighted by atomic mass is 16.6. The molecule has 150 valence electrons. The number of nitrogens with one attached hydrogen (secondary N) is 2. The van der Waals surface area contributed by atoms with Gasteiger partial charge in [0, 0.05) is 17.7 Å². The molecule has 0 saturated carbocycles. The molecule has 0 aromatic heterocycles. The molecule has 1 saturated heterocycles. The molecule has 0 aliphatic carbocycles. The number of likely N-dealkylation sites (N-methyl/N-ethyl adjacent to an activating group) is 1. The maximum absolute atomic E-state index is 13.1. The Labute approximate surface area is 168 Å². The minimum atomic E-state index is -0.483. The van der Waals surface area contributed by atoms with Crippen LogP contribution in [-0.2, 0) is 4.79 Å². The van der Waals surface area contributed by atoms with Crippen LogP contribution in [-0.4, -0.2) is 54.9 Å². The number of piperazine rings is 1. The molecule has 2 aromatic carbocycles. The molecule has 3 rings (SSSR count). The highest BCUT2D eigenvalue weighted by Gasteiger charge is 2.25. The molecule has 1 aliphatic rings. The Bertz CT molecular complexity index is 917. The maximum atomic E-state index is 13.1. The van der Waals surface area contributed by atoms with Crippen molar-refractivity contribution in [3.8, 4) is 0 Å². The minimum Gasteiger partial charge on any atom is -0.334 e. The second-order valence-electron chi connectivity index (χ2n) is 6.98. The lowest BCUT2D eigenvalue weighted by atomic mass is 10.1. The topological polar surface area (TPSA) is 97.0 Å². The van der Waals surface area contributed by atoms with E-state index in [1.807, 2.05) is 6.07 Å². The lowest BCUT2D eigenvalue weighted by Crippen LogP contribution is -3.12. The van der Waals surface area contributed by atoms with E-state index in [9.17, 15) is 19.7 Å². The lowest BCUT2D eigenvalue weighted by molar-refractivity contribution is -0.883. The van der Waals surface area contributed by atoms with Crippen molar-refractivity contribution in [2.45, 2.75) is 0 Å². The van der Waals surface area contributed by atoms with Crippen molar-refractivity contribution >= 4 is 23.6 Å². The monoisotopic (exact) mass is 395 g/mol. The number of carbonyl (C=O) groups excluding carboxylic acids is 2. The van der Waals surface area contributed by atoms with Crippen molar-refractivity contribution in [1.29, 1.82) is 0 Å². The van der Waals surface area contributed by atoms with E-state index < -0.39 is 4.92 Å². The van der Waals surface area contributed by atoms with Crippen LogP contribution in [0.1, 0.15) is 15.9 Å². The highest BCUT2D eigenvalue weighted by Crippen LogP contribution is 2.15. The number of amides is 2. The van der Waals surface area contributed by atoms with Gasteiger partial charge in [-0.2, -0.15) is 0 Å². The number of carbonyl (C=O) groups is 2. The third-order valence-corrected chi connectivity index (χ3v) is 4.83. The van der Waals surface area contributed by atoms with Gasteiger partial charge in [0.1, 0.15) is 5.70 Å². The second kappa shape index (κ2) is 9.11. The van der Waals surface area contributed by atoms with Crippen LogP contribution in [0.3, 0.4) is 0 Å². The first-order valence-electron chi connectivity index (χ1n) is 9.37. The molecule has 1 aliphatic heterocycles. The van der Waals surface area contributed by atoms with E-state index in [0.29, 0.717) is 24.2 Å². The van der Waals surface area contributed by atoms with Crippen molar-refractivity contribution in [2.24, 2.45) is 0 Å². The fourth-order valence-corrected chi connectivity index (χ4v) is 3.06. The fraction of sp³-hybridized carbons (Fsp3) is 0.238. The van der Waals surface area contributed by atoms with Crippen LogP contribution in [0.15, 0.2) is 60.3 Å². The summed E-state index contributed by atoms with van der Waals surface area (Å²) in [5, 5.41) is 13.6. The van der Waals surface area contributed by atoms with Gasteiger partial charge in [0.15, 0.2) is 0 Å². The summed E-state index contributed by atoms with van der Waals surface area (Å²) in [5.74, 6) is -0.646. The second-order valence-corrected chi connectivity index (χ2v) is 6.98. The first kappa shape index (κ1) is 20.2. The molecular weight excluding hydrogens is 372 g/mol. The van der Waals surface area contributed by atoms with E-state index in [2.05, 4.69) is 12.4 Å².